The fourth-order valence-electron chi connectivity index (χ4n) is 2.22. The number of aromatic nitrogens is 2. The molecule has 1 fully saturated rings. The third-order valence-corrected chi connectivity index (χ3v) is 4.58. The molecule has 0 bridgehead atoms. The summed E-state index contributed by atoms with van der Waals surface area (Å²) in [6.45, 7) is 0. The van der Waals surface area contributed by atoms with Gasteiger partial charge in [-0.25, -0.2) is 20.0 Å². The highest BCUT2D eigenvalue weighted by Crippen LogP contribution is 2.52. The molecule has 0 spiro atoms. The van der Waals surface area contributed by atoms with Crippen molar-refractivity contribution in [2.45, 2.75) is 31.8 Å². The third-order valence-electron chi connectivity index (χ3n) is 3.08. The molecule has 0 aromatic carbocycles. The van der Waals surface area contributed by atoms with Crippen molar-refractivity contribution >= 4 is 19.7 Å². The lowest BCUT2D eigenvalue weighted by molar-refractivity contribution is 0.211. The summed E-state index contributed by atoms with van der Waals surface area (Å²) in [4.78, 5) is 7.88. The van der Waals surface area contributed by atoms with E-state index >= 15 is 0 Å². The van der Waals surface area contributed by atoms with Gasteiger partial charge in [0.1, 0.15) is 12.5 Å². The second-order valence-electron chi connectivity index (χ2n) is 4.52. The van der Waals surface area contributed by atoms with Crippen LogP contribution in [0.5, 0.6) is 0 Å². The van der Waals surface area contributed by atoms with Crippen molar-refractivity contribution in [2.24, 2.45) is 5.50 Å². The van der Waals surface area contributed by atoms with Crippen LogP contribution in [0.2, 0.25) is 0 Å². The van der Waals surface area contributed by atoms with E-state index in [0.717, 1.165) is 30.4 Å². The van der Waals surface area contributed by atoms with Crippen molar-refractivity contribution in [3.8, 4) is 0 Å². The van der Waals surface area contributed by atoms with Crippen molar-refractivity contribution in [3.05, 3.63) is 24.9 Å². The standard InChI is InChI=1S/C11H15N4O4P/c12-20(16,19-9-3-1-2-4-9)15(10-13-5-7-17-10)11-14-6-8-18-11/h5-9H,1-4H2,(H2,12,16). The van der Waals surface area contributed by atoms with Gasteiger partial charge in [0.2, 0.25) is 0 Å². The van der Waals surface area contributed by atoms with Gasteiger partial charge in [0.25, 0.3) is 0 Å². The van der Waals surface area contributed by atoms with E-state index in [-0.39, 0.29) is 18.1 Å². The molecule has 1 saturated carbocycles. The third kappa shape index (κ3) is 2.63. The Morgan fingerprint density at radius 1 is 1.20 bits per heavy atom. The fourth-order valence-corrected chi connectivity index (χ4v) is 3.62. The van der Waals surface area contributed by atoms with Gasteiger partial charge in [-0.2, -0.15) is 4.67 Å². The van der Waals surface area contributed by atoms with Gasteiger partial charge in [0.15, 0.2) is 0 Å². The van der Waals surface area contributed by atoms with Gasteiger partial charge in [-0.05, 0) is 12.8 Å². The van der Waals surface area contributed by atoms with E-state index < -0.39 is 7.67 Å². The molecule has 2 aromatic heterocycles. The lowest BCUT2D eigenvalue weighted by atomic mass is 10.3. The van der Waals surface area contributed by atoms with Crippen molar-refractivity contribution in [2.75, 3.05) is 4.67 Å². The van der Waals surface area contributed by atoms with Crippen LogP contribution in [0.3, 0.4) is 0 Å². The zero-order valence-corrected chi connectivity index (χ0v) is 11.6. The number of hydrogen-bond donors (Lipinski definition) is 1. The first-order valence-corrected chi connectivity index (χ1v) is 7.98. The first-order chi connectivity index (χ1) is 9.67. The van der Waals surface area contributed by atoms with Crippen LogP contribution in [0.15, 0.2) is 33.8 Å². The molecule has 108 valence electrons. The van der Waals surface area contributed by atoms with Crippen LogP contribution in [0.25, 0.3) is 0 Å². The van der Waals surface area contributed by atoms with Gasteiger partial charge in [0, 0.05) is 0 Å². The second-order valence-corrected chi connectivity index (χ2v) is 6.26. The van der Waals surface area contributed by atoms with E-state index in [0.29, 0.717) is 0 Å². The lowest BCUT2D eigenvalue weighted by Gasteiger charge is -2.25. The van der Waals surface area contributed by atoms with Crippen LogP contribution in [-0.4, -0.2) is 16.1 Å². The van der Waals surface area contributed by atoms with E-state index in [1.54, 1.807) is 0 Å². The molecule has 1 atom stereocenters. The maximum Gasteiger partial charge on any atom is 0.377 e. The Morgan fingerprint density at radius 3 is 2.20 bits per heavy atom. The molecular weight excluding hydrogens is 283 g/mol. The van der Waals surface area contributed by atoms with Crippen LogP contribution in [0.1, 0.15) is 25.7 Å². The summed E-state index contributed by atoms with van der Waals surface area (Å²) < 4.78 is 29.7. The monoisotopic (exact) mass is 298 g/mol. The van der Waals surface area contributed by atoms with Crippen molar-refractivity contribution in [3.63, 3.8) is 0 Å². The average Bonchev–Trinajstić information content (AvgIpc) is 3.09. The molecule has 2 heterocycles. The molecule has 3 rings (SSSR count). The second kappa shape index (κ2) is 5.40. The van der Waals surface area contributed by atoms with Crippen molar-refractivity contribution in [1.29, 1.82) is 0 Å². The van der Waals surface area contributed by atoms with Crippen LogP contribution in [0, 0.1) is 0 Å². The zero-order valence-electron chi connectivity index (χ0n) is 10.7. The van der Waals surface area contributed by atoms with Crippen molar-refractivity contribution < 1.29 is 17.9 Å². The quantitative estimate of drug-likeness (QED) is 0.839. The van der Waals surface area contributed by atoms with E-state index in [2.05, 4.69) is 9.97 Å². The van der Waals surface area contributed by atoms with Gasteiger partial charge < -0.3 is 8.83 Å². The summed E-state index contributed by atoms with van der Waals surface area (Å²) in [5.41, 5.74) is 5.88. The Labute approximate surface area is 115 Å². The molecule has 2 N–H and O–H groups in total. The smallest absolute Gasteiger partial charge is 0.377 e. The summed E-state index contributed by atoms with van der Waals surface area (Å²) in [5.74, 6) is 0. The largest absolute Gasteiger partial charge is 0.431 e. The maximum absolute atomic E-state index is 12.7. The fraction of sp³-hybridized carbons (Fsp3) is 0.455. The van der Waals surface area contributed by atoms with Gasteiger partial charge in [-0.1, -0.05) is 12.8 Å². The lowest BCUT2D eigenvalue weighted by Crippen LogP contribution is -2.24. The highest BCUT2D eigenvalue weighted by molar-refractivity contribution is 7.58. The van der Waals surface area contributed by atoms with E-state index in [4.69, 9.17) is 18.9 Å². The van der Waals surface area contributed by atoms with Gasteiger partial charge >= 0.3 is 19.7 Å². The Kier molecular flexibility index (Phi) is 3.60. The summed E-state index contributed by atoms with van der Waals surface area (Å²) in [6, 6.07) is 0.0487. The number of anilines is 2. The maximum atomic E-state index is 12.7. The van der Waals surface area contributed by atoms with Crippen LogP contribution >= 0.6 is 7.67 Å². The van der Waals surface area contributed by atoms with Crippen LogP contribution < -0.4 is 10.2 Å². The number of oxazole rings is 2. The summed E-state index contributed by atoms with van der Waals surface area (Å²) in [5, 5.41) is 0. The Morgan fingerprint density at radius 2 is 1.75 bits per heavy atom. The van der Waals surface area contributed by atoms with E-state index in [1.165, 1.54) is 24.9 Å². The van der Waals surface area contributed by atoms with Gasteiger partial charge in [-0.15, -0.1) is 0 Å². The molecule has 0 aliphatic heterocycles. The topological polar surface area (TPSA) is 108 Å². The molecule has 0 amide bonds. The Bertz CT molecular complexity index is 545. The average molecular weight is 298 g/mol. The van der Waals surface area contributed by atoms with Crippen LogP contribution in [0.4, 0.5) is 12.0 Å². The van der Waals surface area contributed by atoms with Gasteiger partial charge in [0.05, 0.1) is 18.5 Å². The minimum Gasteiger partial charge on any atom is -0.431 e. The molecule has 0 saturated heterocycles. The van der Waals surface area contributed by atoms with E-state index in [1.807, 2.05) is 0 Å². The molecule has 8 nitrogen and oxygen atoms in total. The first-order valence-electron chi connectivity index (χ1n) is 6.33. The number of nitrogens with two attached hydrogens (primary N) is 1. The highest BCUT2D eigenvalue weighted by atomic mass is 31.2. The molecule has 1 aliphatic rings. The Hall–Kier alpha value is -1.63. The minimum atomic E-state index is -3.71. The SMILES string of the molecule is NP(=O)(OC1CCCC1)N(c1ncco1)c1ncco1. The molecular formula is C11H15N4O4P. The highest BCUT2D eigenvalue weighted by Gasteiger charge is 2.38. The normalized spacial score (nSPS) is 19.1. The molecule has 2 aromatic rings. The molecule has 9 heteroatoms. The summed E-state index contributed by atoms with van der Waals surface area (Å²) >= 11 is 0. The number of rotatable bonds is 5. The zero-order chi connectivity index (χ0) is 14.0. The summed E-state index contributed by atoms with van der Waals surface area (Å²) in [6.07, 6.45) is 9.17. The predicted octanol–water partition coefficient (Wildman–Crippen LogP) is 2.83. The predicted molar refractivity (Wildman–Crippen MR) is 70.3 cm³/mol. The first kappa shape index (κ1) is 13.4. The molecule has 1 aliphatic carbocycles. The molecule has 0 radical (unpaired) electrons. The van der Waals surface area contributed by atoms with E-state index in [9.17, 15) is 4.57 Å². The number of nitrogens with zero attached hydrogens (tertiary/aromatic N) is 3. The van der Waals surface area contributed by atoms with Crippen molar-refractivity contribution in [1.82, 2.24) is 9.97 Å². The van der Waals surface area contributed by atoms with Crippen LogP contribution in [-0.2, 0) is 9.09 Å². The number of hydrogen-bond acceptors (Lipinski definition) is 6. The summed E-state index contributed by atoms with van der Waals surface area (Å²) in [7, 11) is -3.71. The molecule has 20 heavy (non-hydrogen) atoms. The minimum absolute atomic E-state index is 0.0243. The van der Waals surface area contributed by atoms with Gasteiger partial charge in [-0.3, -0.25) is 4.52 Å². The Balaban J connectivity index is 1.90. The molecule has 1 unspecified atom stereocenters.